The molecule has 0 aromatic heterocycles. The minimum atomic E-state index is -1.02. The minimum Gasteiger partial charge on any atom is -0.478 e. The Labute approximate surface area is 196 Å². The maximum Gasteiger partial charge on any atom is 0.336 e. The number of aliphatic carboxylic acids is 1. The van der Waals surface area contributed by atoms with Gasteiger partial charge in [0.25, 0.3) is 0 Å². The Morgan fingerprint density at radius 1 is 1.21 bits per heavy atom. The quantitative estimate of drug-likeness (QED) is 0.351. The first-order valence-corrected chi connectivity index (χ1v) is 11.2. The summed E-state index contributed by atoms with van der Waals surface area (Å²) < 4.78 is 8.33. The van der Waals surface area contributed by atoms with Gasteiger partial charge in [0.1, 0.15) is 30.8 Å². The molecular formula is C26H24N3O3S+. The van der Waals surface area contributed by atoms with Crippen LogP contribution in [0.3, 0.4) is 0 Å². The molecule has 1 aromatic rings. The molecular weight excluding hydrogens is 434 g/mol. The van der Waals surface area contributed by atoms with Crippen molar-refractivity contribution in [1.82, 2.24) is 4.58 Å². The van der Waals surface area contributed by atoms with E-state index in [0.717, 1.165) is 44.2 Å². The fourth-order valence-corrected chi connectivity index (χ4v) is 4.39. The molecule has 1 aromatic carbocycles. The molecule has 0 fully saturated rings. The smallest absolute Gasteiger partial charge is 0.336 e. The maximum atomic E-state index is 12.3. The number of rotatable bonds is 4. The molecule has 4 rings (SSSR count). The van der Waals surface area contributed by atoms with E-state index in [4.69, 9.17) is 4.42 Å². The van der Waals surface area contributed by atoms with Crippen LogP contribution in [0.25, 0.3) is 27.9 Å². The molecule has 1 aliphatic heterocycles. The van der Waals surface area contributed by atoms with Crippen LogP contribution in [-0.2, 0) is 4.79 Å². The summed E-state index contributed by atoms with van der Waals surface area (Å²) in [7, 11) is 7.84. The van der Waals surface area contributed by atoms with Crippen molar-refractivity contribution >= 4 is 40.0 Å². The predicted molar refractivity (Wildman–Crippen MR) is 134 cm³/mol. The molecule has 0 bridgehead atoms. The molecule has 33 heavy (non-hydrogen) atoms. The Morgan fingerprint density at radius 2 is 2.00 bits per heavy atom. The number of carboxylic acids is 1. The van der Waals surface area contributed by atoms with Crippen LogP contribution in [0, 0.1) is 10.7 Å². The first-order chi connectivity index (χ1) is 15.8. The lowest BCUT2D eigenvalue weighted by Crippen LogP contribution is -2.21. The van der Waals surface area contributed by atoms with Crippen molar-refractivity contribution in [2.45, 2.75) is 6.42 Å². The molecule has 1 N–H and O–H groups in total. The zero-order valence-corrected chi connectivity index (χ0v) is 19.7. The molecule has 0 saturated heterocycles. The summed E-state index contributed by atoms with van der Waals surface area (Å²) in [5.74, 6) is -0.356. The van der Waals surface area contributed by atoms with E-state index in [-0.39, 0.29) is 5.57 Å². The van der Waals surface area contributed by atoms with Gasteiger partial charge < -0.3 is 14.4 Å². The van der Waals surface area contributed by atoms with Crippen LogP contribution in [0.1, 0.15) is 12.0 Å². The highest BCUT2D eigenvalue weighted by molar-refractivity contribution is 8.07. The zero-order chi connectivity index (χ0) is 23.7. The van der Waals surface area contributed by atoms with Crippen LogP contribution in [0.2, 0.25) is 0 Å². The Kier molecular flexibility index (Phi) is 6.12. The fraction of sp³-hybridized carbons (Fsp3) is 0.192. The standard InChI is InChI=1S/C26H23N3O3S/c1-28(2)16-8-10-20-23(12-16)32-24-13-17(29(3)4)9-11-21(24)25(20)22-14-18(33-15-27)6-5-7-19(22)26(30)31/h5,7-14H,6H2,1-4H3/p+1. The molecule has 7 heteroatoms. The van der Waals surface area contributed by atoms with Crippen LogP contribution in [0.15, 0.2) is 69.5 Å². The van der Waals surface area contributed by atoms with E-state index >= 15 is 0 Å². The van der Waals surface area contributed by atoms with Crippen molar-refractivity contribution in [2.75, 3.05) is 33.1 Å². The normalized spacial score (nSPS) is 13.6. The third-order valence-electron chi connectivity index (χ3n) is 5.60. The first kappa shape index (κ1) is 22.4. The second-order valence-electron chi connectivity index (χ2n) is 8.17. The monoisotopic (exact) mass is 458 g/mol. The summed E-state index contributed by atoms with van der Waals surface area (Å²) in [6.45, 7) is 0. The van der Waals surface area contributed by atoms with Crippen LogP contribution in [-0.4, -0.2) is 39.3 Å². The average molecular weight is 459 g/mol. The molecule has 0 spiro atoms. The van der Waals surface area contributed by atoms with Gasteiger partial charge in [-0.15, -0.1) is 0 Å². The van der Waals surface area contributed by atoms with Crippen LogP contribution in [0.4, 0.5) is 5.69 Å². The lowest BCUT2D eigenvalue weighted by atomic mass is 9.90. The Hall–Kier alpha value is -3.76. The summed E-state index contributed by atoms with van der Waals surface area (Å²) in [5, 5.41) is 23.2. The molecule has 0 amide bonds. The maximum absolute atomic E-state index is 12.3. The molecule has 1 heterocycles. The van der Waals surface area contributed by atoms with Gasteiger partial charge in [-0.2, -0.15) is 5.26 Å². The van der Waals surface area contributed by atoms with E-state index in [2.05, 4.69) is 5.40 Å². The first-order valence-electron chi connectivity index (χ1n) is 10.4. The van der Waals surface area contributed by atoms with Gasteiger partial charge in [0.2, 0.25) is 5.36 Å². The molecule has 6 nitrogen and oxygen atoms in total. The van der Waals surface area contributed by atoms with E-state index in [0.29, 0.717) is 23.3 Å². The summed E-state index contributed by atoms with van der Waals surface area (Å²) in [6, 6.07) is 11.8. The van der Waals surface area contributed by atoms with Crippen molar-refractivity contribution in [3.63, 3.8) is 0 Å². The van der Waals surface area contributed by atoms with Gasteiger partial charge >= 0.3 is 5.97 Å². The molecule has 0 saturated carbocycles. The lowest BCUT2D eigenvalue weighted by Gasteiger charge is -2.19. The van der Waals surface area contributed by atoms with Crippen molar-refractivity contribution in [2.24, 2.45) is 0 Å². The zero-order valence-electron chi connectivity index (χ0n) is 18.9. The number of thioether (sulfide) groups is 1. The second-order valence-corrected chi connectivity index (χ2v) is 9.08. The van der Waals surface area contributed by atoms with E-state index in [9.17, 15) is 15.2 Å². The number of hydrogen-bond acceptors (Lipinski definition) is 5. The number of anilines is 1. The van der Waals surface area contributed by atoms with Gasteiger partial charge in [0, 0.05) is 53.3 Å². The van der Waals surface area contributed by atoms with E-state index < -0.39 is 5.97 Å². The number of carboxylic acid groups (broad SMARTS) is 1. The highest BCUT2D eigenvalue weighted by Crippen LogP contribution is 2.42. The lowest BCUT2D eigenvalue weighted by molar-refractivity contribution is -0.132. The van der Waals surface area contributed by atoms with Crippen LogP contribution >= 0.6 is 11.8 Å². The number of nitriles is 1. The third kappa shape index (κ3) is 4.30. The molecule has 3 aliphatic rings. The van der Waals surface area contributed by atoms with Crippen molar-refractivity contribution in [1.29, 1.82) is 5.26 Å². The minimum absolute atomic E-state index is 0.186. The topological polar surface area (TPSA) is 80.5 Å². The van der Waals surface area contributed by atoms with Crippen molar-refractivity contribution in [3.05, 3.63) is 76.0 Å². The molecule has 166 valence electrons. The highest BCUT2D eigenvalue weighted by atomic mass is 32.2. The molecule has 2 aliphatic carbocycles. The number of allylic oxidation sites excluding steroid dienone is 4. The van der Waals surface area contributed by atoms with Crippen molar-refractivity contribution < 1.29 is 14.3 Å². The Morgan fingerprint density at radius 3 is 2.67 bits per heavy atom. The Balaban J connectivity index is 2.19. The third-order valence-corrected chi connectivity index (χ3v) is 6.24. The summed E-state index contributed by atoms with van der Waals surface area (Å²) in [4.78, 5) is 15.0. The SMILES string of the molecule is CN(C)c1ccc2c(C3=C(C(=O)O)C=CCC(SC#N)=C3)c3ccc(=[N+](C)C)cc-3oc2c1. The number of hydrogen-bond donors (Lipinski definition) is 1. The summed E-state index contributed by atoms with van der Waals surface area (Å²) in [5.41, 5.74) is 3.98. The predicted octanol–water partition coefficient (Wildman–Crippen LogP) is 4.53. The van der Waals surface area contributed by atoms with Gasteiger partial charge in [-0.05, 0) is 48.0 Å². The number of fused-ring (bicyclic) bond motifs is 2. The van der Waals surface area contributed by atoms with Crippen LogP contribution < -0.4 is 14.8 Å². The average Bonchev–Trinajstić information content (AvgIpc) is 2.99. The number of carbonyl (C=O) groups is 1. The van der Waals surface area contributed by atoms with Gasteiger partial charge in [0.05, 0.1) is 11.6 Å². The fourth-order valence-electron chi connectivity index (χ4n) is 3.92. The van der Waals surface area contributed by atoms with Gasteiger partial charge in [0.15, 0.2) is 0 Å². The van der Waals surface area contributed by atoms with E-state index in [1.54, 1.807) is 12.2 Å². The van der Waals surface area contributed by atoms with Crippen LogP contribution in [0.5, 0.6) is 0 Å². The highest BCUT2D eigenvalue weighted by Gasteiger charge is 2.24. The summed E-state index contributed by atoms with van der Waals surface area (Å²) in [6.07, 6.45) is 5.74. The number of benzene rings is 2. The van der Waals surface area contributed by atoms with Gasteiger partial charge in [-0.3, -0.25) is 0 Å². The number of nitrogens with zero attached hydrogens (tertiary/aromatic N) is 3. The molecule has 0 atom stereocenters. The van der Waals surface area contributed by atoms with Crippen molar-refractivity contribution in [3.8, 4) is 16.7 Å². The number of thiocyanates is 1. The van der Waals surface area contributed by atoms with Gasteiger partial charge in [-0.1, -0.05) is 12.2 Å². The second kappa shape index (κ2) is 9.00. The molecule has 0 radical (unpaired) electrons. The largest absolute Gasteiger partial charge is 0.478 e. The summed E-state index contributed by atoms with van der Waals surface area (Å²) >= 11 is 1.05. The molecule has 0 unspecified atom stereocenters. The Bertz CT molecular complexity index is 1450. The van der Waals surface area contributed by atoms with Gasteiger partial charge in [-0.25, -0.2) is 9.37 Å². The van der Waals surface area contributed by atoms with E-state index in [1.165, 1.54) is 0 Å². The van der Waals surface area contributed by atoms with E-state index in [1.807, 2.05) is 80.1 Å².